The fourth-order valence-corrected chi connectivity index (χ4v) is 2.47. The largest absolute Gasteiger partial charge is 0.306 e. The molecule has 0 aromatic heterocycles. The summed E-state index contributed by atoms with van der Waals surface area (Å²) in [5.41, 5.74) is -0.342. The molecule has 0 aliphatic rings. The van der Waals surface area contributed by atoms with Gasteiger partial charge in [-0.05, 0) is 52.6 Å². The molecule has 0 fully saturated rings. The van der Waals surface area contributed by atoms with Gasteiger partial charge in [-0.1, -0.05) is 27.2 Å². The van der Waals surface area contributed by atoms with Gasteiger partial charge in [-0.15, -0.1) is 0 Å². The molecule has 2 atom stereocenters. The summed E-state index contributed by atoms with van der Waals surface area (Å²) in [6.45, 7) is 13.1. The Labute approximate surface area is 120 Å². The lowest BCUT2D eigenvalue weighted by Gasteiger charge is -2.30. The molecule has 19 heavy (non-hydrogen) atoms. The van der Waals surface area contributed by atoms with Crippen molar-refractivity contribution in [3.05, 3.63) is 0 Å². The molecule has 0 spiro atoms. The maximum Gasteiger partial charge on any atom is 0.106 e. The van der Waals surface area contributed by atoms with Crippen molar-refractivity contribution in [2.45, 2.75) is 71.9 Å². The van der Waals surface area contributed by atoms with Gasteiger partial charge < -0.3 is 4.90 Å². The third-order valence-electron chi connectivity index (χ3n) is 3.85. The molecule has 0 heterocycles. The SMILES string of the molecule is CCC(C)CN(C)CCCC(C#N)(CC)NC(C)C. The lowest BCUT2D eigenvalue weighted by Crippen LogP contribution is -2.47. The molecule has 0 aromatic carbocycles. The molecule has 0 aliphatic carbocycles. The van der Waals surface area contributed by atoms with Gasteiger partial charge in [-0.25, -0.2) is 0 Å². The maximum atomic E-state index is 9.45. The van der Waals surface area contributed by atoms with E-state index in [4.69, 9.17) is 0 Å². The molecule has 2 unspecified atom stereocenters. The van der Waals surface area contributed by atoms with Crippen molar-refractivity contribution in [2.24, 2.45) is 5.92 Å². The lowest BCUT2D eigenvalue weighted by atomic mass is 9.91. The second-order valence-corrected chi connectivity index (χ2v) is 6.23. The van der Waals surface area contributed by atoms with Crippen LogP contribution in [0, 0.1) is 17.2 Å². The highest BCUT2D eigenvalue weighted by atomic mass is 15.1. The second-order valence-electron chi connectivity index (χ2n) is 6.23. The number of nitriles is 1. The van der Waals surface area contributed by atoms with Gasteiger partial charge in [0.1, 0.15) is 5.54 Å². The van der Waals surface area contributed by atoms with Gasteiger partial charge >= 0.3 is 0 Å². The van der Waals surface area contributed by atoms with Gasteiger partial charge in [0.15, 0.2) is 0 Å². The van der Waals surface area contributed by atoms with Gasteiger partial charge in [0.2, 0.25) is 0 Å². The highest BCUT2D eigenvalue weighted by Gasteiger charge is 2.27. The number of nitrogens with one attached hydrogen (secondary N) is 1. The molecular formula is C16H33N3. The van der Waals surface area contributed by atoms with E-state index >= 15 is 0 Å². The van der Waals surface area contributed by atoms with Gasteiger partial charge in [0.25, 0.3) is 0 Å². The first-order valence-corrected chi connectivity index (χ1v) is 7.76. The Morgan fingerprint density at radius 2 is 1.89 bits per heavy atom. The summed E-state index contributed by atoms with van der Waals surface area (Å²) in [4.78, 5) is 2.39. The third-order valence-corrected chi connectivity index (χ3v) is 3.85. The zero-order valence-corrected chi connectivity index (χ0v) is 13.8. The first-order valence-electron chi connectivity index (χ1n) is 7.76. The van der Waals surface area contributed by atoms with Crippen molar-refractivity contribution >= 4 is 0 Å². The number of nitrogens with zero attached hydrogens (tertiary/aromatic N) is 2. The van der Waals surface area contributed by atoms with E-state index in [2.05, 4.69) is 58.0 Å². The fourth-order valence-electron chi connectivity index (χ4n) is 2.47. The normalized spacial score (nSPS) is 16.4. The third kappa shape index (κ3) is 7.54. The second kappa shape index (κ2) is 9.34. The zero-order chi connectivity index (χ0) is 14.9. The van der Waals surface area contributed by atoms with E-state index in [1.165, 1.54) is 6.42 Å². The quantitative estimate of drug-likeness (QED) is 0.659. The van der Waals surface area contributed by atoms with Crippen molar-refractivity contribution in [3.8, 4) is 6.07 Å². The van der Waals surface area contributed by atoms with Crippen LogP contribution in [0.3, 0.4) is 0 Å². The molecule has 0 aliphatic heterocycles. The van der Waals surface area contributed by atoms with Crippen LogP contribution in [0.15, 0.2) is 0 Å². The van der Waals surface area contributed by atoms with Crippen LogP contribution in [0.2, 0.25) is 0 Å². The molecule has 3 heteroatoms. The molecule has 1 N–H and O–H groups in total. The average Bonchev–Trinajstić information content (AvgIpc) is 2.36. The Bertz CT molecular complexity index is 270. The first-order chi connectivity index (χ1) is 8.89. The summed E-state index contributed by atoms with van der Waals surface area (Å²) in [5.74, 6) is 0.755. The van der Waals surface area contributed by atoms with Crippen LogP contribution >= 0.6 is 0 Å². The Balaban J connectivity index is 4.17. The summed E-state index contributed by atoms with van der Waals surface area (Å²) in [7, 11) is 2.18. The van der Waals surface area contributed by atoms with Crippen molar-refractivity contribution in [1.29, 1.82) is 5.26 Å². The molecule has 0 bridgehead atoms. The molecule has 0 saturated carbocycles. The molecule has 0 saturated heterocycles. The molecule has 112 valence electrons. The molecular weight excluding hydrogens is 234 g/mol. The zero-order valence-electron chi connectivity index (χ0n) is 13.8. The summed E-state index contributed by atoms with van der Waals surface area (Å²) in [6, 6.07) is 2.85. The minimum atomic E-state index is -0.342. The topological polar surface area (TPSA) is 39.1 Å². The van der Waals surface area contributed by atoms with E-state index in [-0.39, 0.29) is 5.54 Å². The summed E-state index contributed by atoms with van der Waals surface area (Å²) in [6.07, 6.45) is 4.12. The van der Waals surface area contributed by atoms with E-state index in [9.17, 15) is 5.26 Å². The number of rotatable bonds is 10. The summed E-state index contributed by atoms with van der Waals surface area (Å²) >= 11 is 0. The minimum Gasteiger partial charge on any atom is -0.306 e. The summed E-state index contributed by atoms with van der Waals surface area (Å²) in [5, 5.41) is 12.9. The summed E-state index contributed by atoms with van der Waals surface area (Å²) < 4.78 is 0. The van der Waals surface area contributed by atoms with E-state index in [1.54, 1.807) is 0 Å². The predicted octanol–water partition coefficient (Wildman–Crippen LogP) is 3.41. The maximum absolute atomic E-state index is 9.45. The molecule has 0 aromatic rings. The molecule has 3 nitrogen and oxygen atoms in total. The van der Waals surface area contributed by atoms with Crippen LogP contribution in [0.25, 0.3) is 0 Å². The van der Waals surface area contributed by atoms with E-state index < -0.39 is 0 Å². The monoisotopic (exact) mass is 267 g/mol. The van der Waals surface area contributed by atoms with E-state index in [1.807, 2.05) is 0 Å². The lowest BCUT2D eigenvalue weighted by molar-refractivity contribution is 0.257. The van der Waals surface area contributed by atoms with Crippen molar-refractivity contribution in [3.63, 3.8) is 0 Å². The fraction of sp³-hybridized carbons (Fsp3) is 0.938. The van der Waals surface area contributed by atoms with Crippen LogP contribution in [-0.4, -0.2) is 36.6 Å². The van der Waals surface area contributed by atoms with Gasteiger partial charge in [0.05, 0.1) is 6.07 Å². The van der Waals surface area contributed by atoms with Crippen LogP contribution in [0.5, 0.6) is 0 Å². The number of hydrogen-bond donors (Lipinski definition) is 1. The Morgan fingerprint density at radius 1 is 1.26 bits per heavy atom. The van der Waals surface area contributed by atoms with Gasteiger partial charge in [-0.3, -0.25) is 5.32 Å². The highest BCUT2D eigenvalue weighted by molar-refractivity contribution is 5.06. The van der Waals surface area contributed by atoms with Crippen molar-refractivity contribution in [1.82, 2.24) is 10.2 Å². The average molecular weight is 267 g/mol. The molecule has 0 radical (unpaired) electrons. The van der Waals surface area contributed by atoms with Crippen molar-refractivity contribution in [2.75, 3.05) is 20.1 Å². The van der Waals surface area contributed by atoms with Crippen LogP contribution in [-0.2, 0) is 0 Å². The van der Waals surface area contributed by atoms with Gasteiger partial charge in [-0.2, -0.15) is 5.26 Å². The Kier molecular flexibility index (Phi) is 9.05. The van der Waals surface area contributed by atoms with Gasteiger partial charge in [0, 0.05) is 12.6 Å². The van der Waals surface area contributed by atoms with Crippen LogP contribution < -0.4 is 5.32 Å². The molecule has 0 rings (SSSR count). The highest BCUT2D eigenvalue weighted by Crippen LogP contribution is 2.18. The van der Waals surface area contributed by atoms with E-state index in [0.29, 0.717) is 6.04 Å². The van der Waals surface area contributed by atoms with Crippen LogP contribution in [0.1, 0.15) is 60.3 Å². The smallest absolute Gasteiger partial charge is 0.106 e. The Morgan fingerprint density at radius 3 is 2.32 bits per heavy atom. The Hall–Kier alpha value is -0.590. The minimum absolute atomic E-state index is 0.342. The standard InChI is InChI=1S/C16H33N3/c1-7-15(5)12-19(6)11-9-10-16(8-2,13-17)18-14(3)4/h14-15,18H,7-12H2,1-6H3. The van der Waals surface area contributed by atoms with E-state index in [0.717, 1.165) is 38.3 Å². The predicted molar refractivity (Wildman–Crippen MR) is 83.1 cm³/mol. The molecule has 0 amide bonds. The van der Waals surface area contributed by atoms with Crippen LogP contribution in [0.4, 0.5) is 0 Å². The number of hydrogen-bond acceptors (Lipinski definition) is 3. The first kappa shape index (κ1) is 18.4. The van der Waals surface area contributed by atoms with Crippen molar-refractivity contribution < 1.29 is 0 Å².